The number of aromatic nitrogens is 2. The van der Waals surface area contributed by atoms with Gasteiger partial charge in [0.15, 0.2) is 5.75 Å². The lowest BCUT2D eigenvalue weighted by Gasteiger charge is -2.26. The summed E-state index contributed by atoms with van der Waals surface area (Å²) in [6.07, 6.45) is 3.70. The van der Waals surface area contributed by atoms with Crippen LogP contribution in [-0.2, 0) is 0 Å². The van der Waals surface area contributed by atoms with E-state index >= 15 is 0 Å². The van der Waals surface area contributed by atoms with E-state index in [1.54, 1.807) is 6.20 Å². The van der Waals surface area contributed by atoms with Crippen molar-refractivity contribution in [3.05, 3.63) is 42.7 Å². The van der Waals surface area contributed by atoms with Gasteiger partial charge in [0.2, 0.25) is 0 Å². The Morgan fingerprint density at radius 2 is 2.00 bits per heavy atom. The van der Waals surface area contributed by atoms with Crippen LogP contribution in [0, 0.1) is 0 Å². The third-order valence-electron chi connectivity index (χ3n) is 2.69. The van der Waals surface area contributed by atoms with Crippen molar-refractivity contribution < 1.29 is 4.74 Å². The first-order chi connectivity index (χ1) is 7.92. The molecule has 3 rings (SSSR count). The van der Waals surface area contributed by atoms with Gasteiger partial charge in [-0.1, -0.05) is 18.2 Å². The van der Waals surface area contributed by atoms with Crippen molar-refractivity contribution in [1.82, 2.24) is 15.1 Å². The first kappa shape index (κ1) is 9.42. The van der Waals surface area contributed by atoms with Crippen LogP contribution in [0.2, 0.25) is 0 Å². The van der Waals surface area contributed by atoms with Crippen molar-refractivity contribution >= 4 is 0 Å². The van der Waals surface area contributed by atoms with Crippen LogP contribution >= 0.6 is 0 Å². The molecule has 0 saturated carbocycles. The molecule has 0 spiro atoms. The van der Waals surface area contributed by atoms with E-state index < -0.39 is 0 Å². The molecule has 0 radical (unpaired) electrons. The molecule has 0 amide bonds. The highest BCUT2D eigenvalue weighted by Gasteiger charge is 2.19. The summed E-state index contributed by atoms with van der Waals surface area (Å²) < 4.78 is 7.63. The molecule has 2 aromatic rings. The summed E-state index contributed by atoms with van der Waals surface area (Å²) in [6.45, 7) is 1.99. The second-order valence-corrected chi connectivity index (χ2v) is 3.88. The highest BCUT2D eigenvalue weighted by atomic mass is 16.5. The minimum atomic E-state index is 0.480. The van der Waals surface area contributed by atoms with Gasteiger partial charge in [-0.15, -0.1) is 0 Å². The zero-order valence-electron chi connectivity index (χ0n) is 8.84. The van der Waals surface area contributed by atoms with Gasteiger partial charge < -0.3 is 10.1 Å². The molecular weight excluding hydrogens is 202 g/mol. The van der Waals surface area contributed by atoms with Crippen LogP contribution in [0.3, 0.4) is 0 Å². The van der Waals surface area contributed by atoms with Crippen LogP contribution in [0.5, 0.6) is 11.5 Å². The molecule has 16 heavy (non-hydrogen) atoms. The lowest BCUT2D eigenvalue weighted by Crippen LogP contribution is -2.43. The molecule has 1 fully saturated rings. The summed E-state index contributed by atoms with van der Waals surface area (Å²) in [5, 5.41) is 7.50. The summed E-state index contributed by atoms with van der Waals surface area (Å²) in [5.41, 5.74) is 0. The summed E-state index contributed by atoms with van der Waals surface area (Å²) in [4.78, 5) is 0. The van der Waals surface area contributed by atoms with Gasteiger partial charge in [0.1, 0.15) is 5.75 Å². The van der Waals surface area contributed by atoms with E-state index in [4.69, 9.17) is 4.74 Å². The first-order valence-electron chi connectivity index (χ1n) is 5.39. The predicted octanol–water partition coefficient (Wildman–Crippen LogP) is 1.82. The third-order valence-corrected chi connectivity index (χ3v) is 2.69. The molecule has 0 unspecified atom stereocenters. The Morgan fingerprint density at radius 1 is 1.19 bits per heavy atom. The molecule has 1 aromatic carbocycles. The van der Waals surface area contributed by atoms with Crippen molar-refractivity contribution in [3.63, 3.8) is 0 Å². The fourth-order valence-electron chi connectivity index (χ4n) is 1.66. The van der Waals surface area contributed by atoms with Crippen LogP contribution in [0.1, 0.15) is 6.04 Å². The van der Waals surface area contributed by atoms with Crippen LogP contribution in [0.15, 0.2) is 42.7 Å². The van der Waals surface area contributed by atoms with Gasteiger partial charge in [-0.25, -0.2) is 0 Å². The lowest BCUT2D eigenvalue weighted by atomic mass is 10.2. The Labute approximate surface area is 93.8 Å². The zero-order valence-corrected chi connectivity index (χ0v) is 8.84. The van der Waals surface area contributed by atoms with Crippen LogP contribution in [-0.4, -0.2) is 22.9 Å². The average Bonchev–Trinajstić information content (AvgIpc) is 2.65. The van der Waals surface area contributed by atoms with Gasteiger partial charge in [0.05, 0.1) is 18.4 Å². The highest BCUT2D eigenvalue weighted by molar-refractivity contribution is 5.27. The van der Waals surface area contributed by atoms with Gasteiger partial charge in [-0.2, -0.15) is 5.10 Å². The second kappa shape index (κ2) is 3.98. The smallest absolute Gasteiger partial charge is 0.165 e. The molecule has 1 saturated heterocycles. The van der Waals surface area contributed by atoms with Crippen molar-refractivity contribution in [3.8, 4) is 11.5 Å². The van der Waals surface area contributed by atoms with Crippen LogP contribution in [0.4, 0.5) is 0 Å². The fourth-order valence-corrected chi connectivity index (χ4v) is 1.66. The number of benzene rings is 1. The number of hydrogen-bond donors (Lipinski definition) is 1. The number of hydrogen-bond acceptors (Lipinski definition) is 3. The van der Waals surface area contributed by atoms with Gasteiger partial charge in [0, 0.05) is 13.1 Å². The third kappa shape index (κ3) is 1.79. The Kier molecular flexibility index (Phi) is 2.34. The summed E-state index contributed by atoms with van der Waals surface area (Å²) >= 11 is 0. The van der Waals surface area contributed by atoms with Gasteiger partial charge in [0.25, 0.3) is 0 Å². The summed E-state index contributed by atoms with van der Waals surface area (Å²) in [6, 6.07) is 10.2. The molecule has 4 heteroatoms. The fraction of sp³-hybridized carbons (Fsp3) is 0.250. The minimum absolute atomic E-state index is 0.480. The average molecular weight is 215 g/mol. The normalized spacial score (nSPS) is 15.8. The molecule has 1 aliphatic rings. The van der Waals surface area contributed by atoms with E-state index in [0.29, 0.717) is 6.04 Å². The number of nitrogens with one attached hydrogen (secondary N) is 1. The van der Waals surface area contributed by atoms with E-state index in [1.807, 2.05) is 41.2 Å². The molecule has 1 aliphatic heterocycles. The predicted molar refractivity (Wildman–Crippen MR) is 60.6 cm³/mol. The van der Waals surface area contributed by atoms with Crippen LogP contribution in [0.25, 0.3) is 0 Å². The number of nitrogens with zero attached hydrogens (tertiary/aromatic N) is 2. The van der Waals surface area contributed by atoms with Gasteiger partial charge in [-0.05, 0) is 12.1 Å². The number of para-hydroxylation sites is 1. The molecule has 2 heterocycles. The molecule has 1 N–H and O–H groups in total. The Balaban J connectivity index is 1.73. The molecule has 1 aromatic heterocycles. The van der Waals surface area contributed by atoms with Crippen molar-refractivity contribution in [2.45, 2.75) is 6.04 Å². The number of rotatable bonds is 3. The van der Waals surface area contributed by atoms with Crippen LogP contribution < -0.4 is 10.1 Å². The Morgan fingerprint density at radius 3 is 2.69 bits per heavy atom. The van der Waals surface area contributed by atoms with Crippen molar-refractivity contribution in [1.29, 1.82) is 0 Å². The van der Waals surface area contributed by atoms with E-state index in [0.717, 1.165) is 24.6 Å². The SMILES string of the molecule is c1ccc(Oc2cnn(C3CNC3)c2)cc1. The van der Waals surface area contributed by atoms with Crippen molar-refractivity contribution in [2.24, 2.45) is 0 Å². The molecule has 0 aliphatic carbocycles. The van der Waals surface area contributed by atoms with E-state index in [2.05, 4.69) is 10.4 Å². The molecule has 4 nitrogen and oxygen atoms in total. The lowest BCUT2D eigenvalue weighted by molar-refractivity contribution is 0.317. The standard InChI is InChI=1S/C12H13N3O/c1-2-4-11(5-3-1)16-12-8-14-15(9-12)10-6-13-7-10/h1-5,8-10,13H,6-7H2. The Hall–Kier alpha value is -1.81. The van der Waals surface area contributed by atoms with Gasteiger partial charge in [-0.3, -0.25) is 4.68 Å². The van der Waals surface area contributed by atoms with E-state index in [1.165, 1.54) is 0 Å². The molecule has 0 bridgehead atoms. The first-order valence-corrected chi connectivity index (χ1v) is 5.39. The Bertz CT molecular complexity index is 462. The maximum Gasteiger partial charge on any atom is 0.165 e. The van der Waals surface area contributed by atoms with E-state index in [-0.39, 0.29) is 0 Å². The zero-order chi connectivity index (χ0) is 10.8. The summed E-state index contributed by atoms with van der Waals surface area (Å²) in [5.74, 6) is 1.63. The van der Waals surface area contributed by atoms with Crippen molar-refractivity contribution in [2.75, 3.05) is 13.1 Å². The minimum Gasteiger partial charge on any atom is -0.454 e. The second-order valence-electron chi connectivity index (χ2n) is 3.88. The molecule has 82 valence electrons. The quantitative estimate of drug-likeness (QED) is 0.848. The maximum atomic E-state index is 5.67. The monoisotopic (exact) mass is 215 g/mol. The molecule has 0 atom stereocenters. The van der Waals surface area contributed by atoms with Gasteiger partial charge >= 0.3 is 0 Å². The van der Waals surface area contributed by atoms with E-state index in [9.17, 15) is 0 Å². The maximum absolute atomic E-state index is 5.67. The topological polar surface area (TPSA) is 39.1 Å². The summed E-state index contributed by atoms with van der Waals surface area (Å²) in [7, 11) is 0. The number of ether oxygens (including phenoxy) is 1. The largest absolute Gasteiger partial charge is 0.454 e. The molecular formula is C12H13N3O. The highest BCUT2D eigenvalue weighted by Crippen LogP contribution is 2.21.